The molecule has 17 heavy (non-hydrogen) atoms. The molecule has 0 saturated heterocycles. The Morgan fingerprint density at radius 1 is 1.47 bits per heavy atom. The summed E-state index contributed by atoms with van der Waals surface area (Å²) >= 11 is 3.23. The van der Waals surface area contributed by atoms with Crippen LogP contribution in [0.2, 0.25) is 0 Å². The number of hydrogen-bond donors (Lipinski definition) is 1. The van der Waals surface area contributed by atoms with Gasteiger partial charge in [0.15, 0.2) is 0 Å². The first kappa shape index (κ1) is 12.2. The molecule has 2 rings (SSSR count). The molecule has 0 aliphatic heterocycles. The van der Waals surface area contributed by atoms with Crippen molar-refractivity contribution in [1.82, 2.24) is 4.98 Å². The maximum absolute atomic E-state index is 8.62. The van der Waals surface area contributed by atoms with E-state index in [0.29, 0.717) is 11.6 Å². The van der Waals surface area contributed by atoms with E-state index < -0.39 is 0 Å². The van der Waals surface area contributed by atoms with Gasteiger partial charge in [-0.3, -0.25) is 0 Å². The normalized spacial score (nSPS) is 9.94. The molecular formula is C12H11NO2S2. The van der Waals surface area contributed by atoms with Gasteiger partial charge in [0.1, 0.15) is 6.26 Å². The third kappa shape index (κ3) is 3.93. The van der Waals surface area contributed by atoms with E-state index in [2.05, 4.69) is 22.9 Å². The lowest BCUT2D eigenvalue weighted by Crippen LogP contribution is -1.75. The molecule has 2 aromatic rings. The van der Waals surface area contributed by atoms with Crippen molar-refractivity contribution in [2.75, 3.05) is 6.61 Å². The molecule has 0 aliphatic carbocycles. The van der Waals surface area contributed by atoms with Crippen molar-refractivity contribution in [2.45, 2.75) is 17.4 Å². The van der Waals surface area contributed by atoms with Gasteiger partial charge < -0.3 is 9.52 Å². The van der Waals surface area contributed by atoms with Crippen LogP contribution in [-0.4, -0.2) is 16.7 Å². The zero-order chi connectivity index (χ0) is 11.9. The minimum Gasteiger partial charge on any atom is -0.440 e. The first-order valence-electron chi connectivity index (χ1n) is 5.09. The highest BCUT2D eigenvalue weighted by Gasteiger charge is 2.02. The summed E-state index contributed by atoms with van der Waals surface area (Å²) in [5, 5.41) is 9.31. The molecular weight excluding hydrogens is 254 g/mol. The van der Waals surface area contributed by atoms with E-state index in [1.54, 1.807) is 35.6 Å². The second-order valence-corrected chi connectivity index (χ2v) is 5.22. The van der Waals surface area contributed by atoms with Crippen LogP contribution in [0.3, 0.4) is 0 Å². The number of aliphatic hydroxyl groups is 1. The molecule has 0 fully saturated rings. The molecule has 0 spiro atoms. The molecule has 5 heteroatoms. The molecule has 0 bridgehead atoms. The molecule has 2 heterocycles. The minimum absolute atomic E-state index is 0.116. The zero-order valence-corrected chi connectivity index (χ0v) is 10.7. The molecule has 3 nitrogen and oxygen atoms in total. The predicted octanol–water partition coefficient (Wildman–Crippen LogP) is 2.76. The first-order chi connectivity index (χ1) is 8.38. The Labute approximate surface area is 108 Å². The molecule has 0 aromatic carbocycles. The average Bonchev–Trinajstić information content (AvgIpc) is 2.98. The zero-order valence-electron chi connectivity index (χ0n) is 9.05. The topological polar surface area (TPSA) is 46.3 Å². The highest BCUT2D eigenvalue weighted by atomic mass is 32.2. The average molecular weight is 265 g/mol. The summed E-state index contributed by atoms with van der Waals surface area (Å²) in [7, 11) is 0. The number of thioether (sulfide) groups is 1. The molecule has 0 aliphatic rings. The summed E-state index contributed by atoms with van der Waals surface area (Å²) in [5.41, 5.74) is 0. The molecule has 0 saturated carbocycles. The van der Waals surface area contributed by atoms with Crippen LogP contribution in [0.5, 0.6) is 0 Å². The largest absolute Gasteiger partial charge is 0.440 e. The van der Waals surface area contributed by atoms with Gasteiger partial charge in [0.25, 0.3) is 5.22 Å². The molecule has 0 unspecified atom stereocenters. The smallest absolute Gasteiger partial charge is 0.255 e. The van der Waals surface area contributed by atoms with Crippen LogP contribution in [-0.2, 0) is 5.75 Å². The lowest BCUT2D eigenvalue weighted by atomic mass is 10.4. The van der Waals surface area contributed by atoms with Crippen LogP contribution in [0.4, 0.5) is 0 Å². The SMILES string of the molecule is OCCC#Cc1ccc(CSc2ncco2)s1. The Balaban J connectivity index is 1.88. The van der Waals surface area contributed by atoms with Crippen molar-refractivity contribution in [3.63, 3.8) is 0 Å². The maximum atomic E-state index is 8.62. The van der Waals surface area contributed by atoms with Gasteiger partial charge in [-0.05, 0) is 12.1 Å². The van der Waals surface area contributed by atoms with Crippen molar-refractivity contribution in [1.29, 1.82) is 0 Å². The van der Waals surface area contributed by atoms with Crippen molar-refractivity contribution >= 4 is 23.1 Å². The van der Waals surface area contributed by atoms with E-state index in [4.69, 9.17) is 9.52 Å². The van der Waals surface area contributed by atoms with Crippen LogP contribution in [0.1, 0.15) is 16.2 Å². The van der Waals surface area contributed by atoms with Crippen LogP contribution < -0.4 is 0 Å². The van der Waals surface area contributed by atoms with Crippen molar-refractivity contribution in [3.8, 4) is 11.8 Å². The fourth-order valence-electron chi connectivity index (χ4n) is 1.14. The summed E-state index contributed by atoms with van der Waals surface area (Å²) in [6.07, 6.45) is 3.74. The Bertz CT molecular complexity index is 508. The number of hydrogen-bond acceptors (Lipinski definition) is 5. The van der Waals surface area contributed by atoms with E-state index in [1.807, 2.05) is 6.07 Å². The van der Waals surface area contributed by atoms with Gasteiger partial charge in [-0.1, -0.05) is 23.6 Å². The number of oxazole rings is 1. The van der Waals surface area contributed by atoms with E-state index in [-0.39, 0.29) is 6.61 Å². The van der Waals surface area contributed by atoms with Gasteiger partial charge in [0.2, 0.25) is 0 Å². The highest BCUT2D eigenvalue weighted by Crippen LogP contribution is 2.25. The van der Waals surface area contributed by atoms with Crippen LogP contribution >= 0.6 is 23.1 Å². The van der Waals surface area contributed by atoms with Crippen LogP contribution in [0.25, 0.3) is 0 Å². The standard InChI is InChI=1S/C12H11NO2S2/c14-7-2-1-3-10-4-5-11(17-10)9-16-12-13-6-8-15-12/h4-6,8,14H,2,7,9H2. The van der Waals surface area contributed by atoms with Gasteiger partial charge in [0, 0.05) is 17.1 Å². The quantitative estimate of drug-likeness (QED) is 0.682. The highest BCUT2D eigenvalue weighted by molar-refractivity contribution is 7.98. The fourth-order valence-corrected chi connectivity index (χ4v) is 2.85. The van der Waals surface area contributed by atoms with Gasteiger partial charge in [-0.2, -0.15) is 0 Å². The number of nitrogens with zero attached hydrogens (tertiary/aromatic N) is 1. The second kappa shape index (κ2) is 6.50. The Morgan fingerprint density at radius 3 is 3.18 bits per heavy atom. The van der Waals surface area contributed by atoms with Crippen molar-refractivity contribution < 1.29 is 9.52 Å². The number of rotatable bonds is 4. The maximum Gasteiger partial charge on any atom is 0.255 e. The third-order valence-electron chi connectivity index (χ3n) is 1.86. The second-order valence-electron chi connectivity index (χ2n) is 3.13. The predicted molar refractivity (Wildman–Crippen MR) is 69.0 cm³/mol. The van der Waals surface area contributed by atoms with Crippen LogP contribution in [0, 0.1) is 11.8 Å². The molecule has 2 aromatic heterocycles. The first-order valence-corrected chi connectivity index (χ1v) is 6.89. The summed E-state index contributed by atoms with van der Waals surface area (Å²) in [6.45, 7) is 0.116. The Morgan fingerprint density at radius 2 is 2.41 bits per heavy atom. The third-order valence-corrected chi connectivity index (χ3v) is 3.94. The van der Waals surface area contributed by atoms with Crippen LogP contribution in [0.15, 0.2) is 34.2 Å². The summed E-state index contributed by atoms with van der Waals surface area (Å²) in [5.74, 6) is 6.77. The summed E-state index contributed by atoms with van der Waals surface area (Å²) in [6, 6.07) is 4.06. The lowest BCUT2D eigenvalue weighted by molar-refractivity contribution is 0.305. The summed E-state index contributed by atoms with van der Waals surface area (Å²) < 4.78 is 5.14. The van der Waals surface area contributed by atoms with E-state index in [0.717, 1.165) is 10.6 Å². The summed E-state index contributed by atoms with van der Waals surface area (Å²) in [4.78, 5) is 6.31. The number of thiophene rings is 1. The number of aliphatic hydroxyl groups excluding tert-OH is 1. The van der Waals surface area contributed by atoms with Crippen molar-refractivity contribution in [2.24, 2.45) is 0 Å². The number of aromatic nitrogens is 1. The van der Waals surface area contributed by atoms with Gasteiger partial charge in [-0.25, -0.2) is 4.98 Å². The fraction of sp³-hybridized carbons (Fsp3) is 0.250. The van der Waals surface area contributed by atoms with Crippen molar-refractivity contribution in [3.05, 3.63) is 34.3 Å². The molecule has 88 valence electrons. The van der Waals surface area contributed by atoms with Gasteiger partial charge in [-0.15, -0.1) is 11.3 Å². The molecule has 0 radical (unpaired) electrons. The Kier molecular flexibility index (Phi) is 4.68. The molecule has 0 amide bonds. The molecule has 1 N–H and O–H groups in total. The van der Waals surface area contributed by atoms with E-state index in [9.17, 15) is 0 Å². The molecule has 0 atom stereocenters. The lowest BCUT2D eigenvalue weighted by Gasteiger charge is -1.91. The monoisotopic (exact) mass is 265 g/mol. The van der Waals surface area contributed by atoms with Gasteiger partial charge in [0.05, 0.1) is 17.7 Å². The van der Waals surface area contributed by atoms with E-state index in [1.165, 1.54) is 4.88 Å². The Hall–Kier alpha value is -1.22. The minimum atomic E-state index is 0.116. The van der Waals surface area contributed by atoms with Gasteiger partial charge >= 0.3 is 0 Å². The van der Waals surface area contributed by atoms with E-state index >= 15 is 0 Å².